The number of nitrogens with zero attached hydrogens (tertiary/aromatic N) is 5. The van der Waals surface area contributed by atoms with Gasteiger partial charge in [0.05, 0.1) is 18.2 Å². The number of terminal acetylenes is 1. The fraction of sp³-hybridized carbons (Fsp3) is 0.222. The van der Waals surface area contributed by atoms with Gasteiger partial charge < -0.3 is 23.7 Å². The van der Waals surface area contributed by atoms with Crippen LogP contribution in [-0.2, 0) is 32.7 Å². The molecule has 0 atom stereocenters. The van der Waals surface area contributed by atoms with Gasteiger partial charge in [0.1, 0.15) is 0 Å². The Labute approximate surface area is 115 Å². The molecule has 0 aliphatic heterocycles. The van der Waals surface area contributed by atoms with Crippen LogP contribution in [0.25, 0.3) is 0 Å². The molecule has 0 aromatic heterocycles. The van der Waals surface area contributed by atoms with E-state index in [1.54, 1.807) is 18.2 Å². The standard InChI is InChI=1S/C5H2N2.C2H3N.2CN.Y/c1-2-5(3-6)4-7;1-2-3;2*1-2;/h1,5H;1H3;;;/q;;2*-1;. The Morgan fingerprint density at radius 3 is 1.20 bits per heavy atom. The smallest absolute Gasteiger partial charge is 0.192 e. The van der Waals surface area contributed by atoms with Crippen LogP contribution in [0.4, 0.5) is 0 Å². The largest absolute Gasteiger partial charge is 0.512 e. The molecule has 0 aliphatic carbocycles. The topological polar surface area (TPSA) is 119 Å². The fourth-order valence-electron chi connectivity index (χ4n) is 0.103. The summed E-state index contributed by atoms with van der Waals surface area (Å²) in [7, 11) is 0. The molecule has 0 N–H and O–H groups in total. The number of hydrogen-bond donors (Lipinski definition) is 0. The molecule has 0 aromatic rings. The van der Waals surface area contributed by atoms with E-state index in [1.807, 2.05) is 5.92 Å². The first-order chi connectivity index (χ1) is 6.76. The van der Waals surface area contributed by atoms with E-state index < -0.39 is 5.92 Å². The summed E-state index contributed by atoms with van der Waals surface area (Å²) in [6, 6.07) is 4.96. The van der Waals surface area contributed by atoms with E-state index in [0.717, 1.165) is 0 Å². The Morgan fingerprint density at radius 2 is 1.20 bits per heavy atom. The van der Waals surface area contributed by atoms with Crippen molar-refractivity contribution in [2.75, 3.05) is 0 Å². The van der Waals surface area contributed by atoms with Crippen molar-refractivity contribution in [3.63, 3.8) is 0 Å². The summed E-state index contributed by atoms with van der Waals surface area (Å²) >= 11 is 0. The van der Waals surface area contributed by atoms with Gasteiger partial charge in [0.2, 0.25) is 0 Å². The normalized spacial score (nSPS) is 3.60. The quantitative estimate of drug-likeness (QED) is 0.481. The first kappa shape index (κ1) is 29.2. The minimum atomic E-state index is -0.875. The summed E-state index contributed by atoms with van der Waals surface area (Å²) in [5.41, 5.74) is 0. The predicted molar refractivity (Wildman–Crippen MR) is 44.8 cm³/mol. The Hall–Kier alpha value is -1.89. The van der Waals surface area contributed by atoms with Crippen LogP contribution in [0.15, 0.2) is 0 Å². The van der Waals surface area contributed by atoms with E-state index in [0.29, 0.717) is 0 Å². The van der Waals surface area contributed by atoms with Crippen LogP contribution in [0, 0.1) is 75.9 Å². The zero-order valence-electron chi connectivity index (χ0n) is 7.97. The summed E-state index contributed by atoms with van der Waals surface area (Å²) in [6.07, 6.45) is 4.70. The summed E-state index contributed by atoms with van der Waals surface area (Å²) < 4.78 is 0. The average Bonchev–Trinajstić information content (AvgIpc) is 2.27. The van der Waals surface area contributed by atoms with E-state index in [2.05, 4.69) is 0 Å². The van der Waals surface area contributed by atoms with Crippen molar-refractivity contribution in [1.29, 1.82) is 26.3 Å². The van der Waals surface area contributed by atoms with Crippen molar-refractivity contribution in [2.45, 2.75) is 6.92 Å². The number of nitriles is 3. The van der Waals surface area contributed by atoms with Gasteiger partial charge in [-0.15, -0.1) is 6.42 Å². The molecule has 0 fully saturated rings. The van der Waals surface area contributed by atoms with Crippen LogP contribution in [0.1, 0.15) is 6.92 Å². The van der Waals surface area contributed by atoms with Gasteiger partial charge in [-0.1, -0.05) is 5.92 Å². The first-order valence-electron chi connectivity index (χ1n) is 2.77. The Balaban J connectivity index is -0.0000000357. The second kappa shape index (κ2) is 57.2. The molecule has 0 saturated carbocycles. The first-order valence-corrected chi connectivity index (χ1v) is 2.77. The molecule has 0 saturated heterocycles. The van der Waals surface area contributed by atoms with Gasteiger partial charge in [-0.25, -0.2) is 0 Å². The van der Waals surface area contributed by atoms with E-state index in [9.17, 15) is 0 Å². The second-order valence-electron chi connectivity index (χ2n) is 1.08. The molecule has 0 rings (SSSR count). The molecular weight excluding hydrogens is 267 g/mol. The van der Waals surface area contributed by atoms with E-state index >= 15 is 0 Å². The SMILES string of the molecule is C#CC(C#N)C#N.CC#N.[C-]#N.[C-]#N.[Y]. The third-order valence-electron chi connectivity index (χ3n) is 0.425. The van der Waals surface area contributed by atoms with Crippen molar-refractivity contribution in [2.24, 2.45) is 5.92 Å². The van der Waals surface area contributed by atoms with Gasteiger partial charge in [0.15, 0.2) is 5.92 Å². The van der Waals surface area contributed by atoms with Crippen LogP contribution in [0.3, 0.4) is 0 Å². The maximum absolute atomic E-state index is 7.91. The molecule has 0 bridgehead atoms. The van der Waals surface area contributed by atoms with Crippen molar-refractivity contribution in [3.05, 3.63) is 13.1 Å². The van der Waals surface area contributed by atoms with Gasteiger partial charge in [-0.3, -0.25) is 0 Å². The summed E-state index contributed by atoms with van der Waals surface area (Å²) in [6.45, 7) is 10.9. The van der Waals surface area contributed by atoms with Crippen LogP contribution >= 0.6 is 0 Å². The van der Waals surface area contributed by atoms with Crippen LogP contribution < -0.4 is 0 Å². The molecule has 0 aliphatic rings. The average molecular weight is 272 g/mol. The summed E-state index contributed by atoms with van der Waals surface area (Å²) in [5.74, 6) is 1.10. The molecule has 0 amide bonds. The van der Waals surface area contributed by atoms with Crippen molar-refractivity contribution < 1.29 is 32.7 Å². The molecule has 0 unspecified atom stereocenters. The Bertz CT molecular complexity index is 265. The number of hydrogen-bond acceptors (Lipinski definition) is 5. The predicted octanol–water partition coefficient (Wildman–Crippen LogP) is 1.00. The maximum atomic E-state index is 7.91. The molecule has 6 heteroatoms. The Morgan fingerprint density at radius 1 is 1.00 bits per heavy atom. The van der Waals surface area contributed by atoms with Crippen molar-refractivity contribution >= 4 is 0 Å². The van der Waals surface area contributed by atoms with Gasteiger partial charge in [-0.05, 0) is 0 Å². The van der Waals surface area contributed by atoms with Crippen molar-refractivity contribution in [3.8, 4) is 30.6 Å². The summed E-state index contributed by atoms with van der Waals surface area (Å²) in [5, 5.41) is 35.6. The summed E-state index contributed by atoms with van der Waals surface area (Å²) in [4.78, 5) is 0. The van der Waals surface area contributed by atoms with Gasteiger partial charge in [0, 0.05) is 39.6 Å². The molecule has 15 heavy (non-hydrogen) atoms. The number of rotatable bonds is 0. The fourth-order valence-corrected chi connectivity index (χ4v) is 0.103. The third-order valence-corrected chi connectivity index (χ3v) is 0.425. The molecule has 1 radical (unpaired) electrons. The van der Waals surface area contributed by atoms with Crippen LogP contribution in [-0.4, -0.2) is 0 Å². The zero-order chi connectivity index (χ0) is 12.4. The molecule has 71 valence electrons. The Kier molecular flexibility index (Phi) is 111. The van der Waals surface area contributed by atoms with E-state index in [-0.39, 0.29) is 32.7 Å². The minimum Gasteiger partial charge on any atom is -0.512 e. The van der Waals surface area contributed by atoms with Gasteiger partial charge in [-0.2, -0.15) is 15.8 Å². The molecule has 0 heterocycles. The second-order valence-corrected chi connectivity index (χ2v) is 1.08. The van der Waals surface area contributed by atoms with Gasteiger partial charge in [0.25, 0.3) is 0 Å². The van der Waals surface area contributed by atoms with E-state index in [4.69, 9.17) is 45.9 Å². The minimum absolute atomic E-state index is 0. The zero-order valence-corrected chi connectivity index (χ0v) is 10.8. The molecule has 0 spiro atoms. The van der Waals surface area contributed by atoms with Gasteiger partial charge >= 0.3 is 0 Å². The molecule has 5 nitrogen and oxygen atoms in total. The monoisotopic (exact) mass is 272 g/mol. The maximum Gasteiger partial charge on any atom is 0.192 e. The van der Waals surface area contributed by atoms with Crippen LogP contribution in [0.2, 0.25) is 0 Å². The molecule has 0 aromatic carbocycles. The third kappa shape index (κ3) is 73.2. The van der Waals surface area contributed by atoms with E-state index in [1.165, 1.54) is 6.92 Å². The molecular formula is C9H5N5Y-2. The van der Waals surface area contributed by atoms with Crippen LogP contribution in [0.5, 0.6) is 0 Å². The van der Waals surface area contributed by atoms with Crippen molar-refractivity contribution in [1.82, 2.24) is 0 Å².